The number of hydrogen-bond acceptors (Lipinski definition) is 3. The van der Waals surface area contributed by atoms with Crippen molar-refractivity contribution in [2.24, 2.45) is 0 Å². The molecule has 0 aliphatic carbocycles. The number of halogens is 1. The summed E-state index contributed by atoms with van der Waals surface area (Å²) in [5.74, 6) is 0.157. The quantitative estimate of drug-likeness (QED) is 0.830. The molecule has 2 heterocycles. The van der Waals surface area contributed by atoms with Crippen LogP contribution in [0.2, 0.25) is 0 Å². The normalized spacial score (nSPS) is 18.7. The van der Waals surface area contributed by atoms with Gasteiger partial charge in [-0.25, -0.2) is 14.4 Å². The Hall–Kier alpha value is -1.97. The van der Waals surface area contributed by atoms with Gasteiger partial charge in [-0.05, 0) is 18.4 Å². The molecule has 116 valence electrons. The maximum atomic E-state index is 14.9. The molecule has 0 radical (unpaired) electrons. The maximum absolute atomic E-state index is 14.9. The van der Waals surface area contributed by atoms with E-state index in [0.717, 1.165) is 19.4 Å². The third-order valence-electron chi connectivity index (χ3n) is 4.19. The van der Waals surface area contributed by atoms with Gasteiger partial charge < -0.3 is 4.90 Å². The first kappa shape index (κ1) is 14.9. The summed E-state index contributed by atoms with van der Waals surface area (Å²) in [7, 11) is 0. The molecule has 1 atom stereocenters. The summed E-state index contributed by atoms with van der Waals surface area (Å²) in [4.78, 5) is 10.5. The number of nitrogens with zero attached hydrogens (tertiary/aromatic N) is 3. The molecule has 1 aliphatic rings. The zero-order valence-electron chi connectivity index (χ0n) is 13.4. The molecule has 22 heavy (non-hydrogen) atoms. The van der Waals surface area contributed by atoms with E-state index in [1.807, 2.05) is 39.0 Å². The molecule has 1 aliphatic heterocycles. The smallest absolute Gasteiger partial charge is 0.187 e. The van der Waals surface area contributed by atoms with Crippen LogP contribution >= 0.6 is 0 Å². The van der Waals surface area contributed by atoms with E-state index in [9.17, 15) is 4.39 Å². The van der Waals surface area contributed by atoms with Crippen molar-refractivity contribution < 1.29 is 4.39 Å². The Morgan fingerprint density at radius 1 is 1.14 bits per heavy atom. The fourth-order valence-electron chi connectivity index (χ4n) is 3.13. The monoisotopic (exact) mass is 299 g/mol. The van der Waals surface area contributed by atoms with E-state index in [-0.39, 0.29) is 17.3 Å². The Bertz CT molecular complexity index is 649. The zero-order chi connectivity index (χ0) is 15.7. The third kappa shape index (κ3) is 2.70. The fraction of sp³-hybridized carbons (Fsp3) is 0.444. The lowest BCUT2D eigenvalue weighted by atomic mass is 9.91. The number of rotatable bonds is 2. The summed E-state index contributed by atoms with van der Waals surface area (Å²) in [5, 5.41) is 0. The van der Waals surface area contributed by atoms with E-state index in [0.29, 0.717) is 11.5 Å². The zero-order valence-corrected chi connectivity index (χ0v) is 13.4. The molecule has 0 amide bonds. The molecule has 0 saturated carbocycles. The lowest BCUT2D eigenvalue weighted by Crippen LogP contribution is -2.27. The molecule has 3 nitrogen and oxygen atoms in total. The van der Waals surface area contributed by atoms with Gasteiger partial charge in [0.1, 0.15) is 6.33 Å². The Labute approximate surface area is 131 Å². The first-order valence-electron chi connectivity index (χ1n) is 7.81. The van der Waals surface area contributed by atoms with Crippen molar-refractivity contribution in [1.29, 1.82) is 0 Å². The third-order valence-corrected chi connectivity index (χ3v) is 4.19. The van der Waals surface area contributed by atoms with Gasteiger partial charge in [-0.1, -0.05) is 51.1 Å². The van der Waals surface area contributed by atoms with Crippen LogP contribution in [0.15, 0.2) is 36.7 Å². The molecular formula is C18H22FN3. The first-order valence-corrected chi connectivity index (χ1v) is 7.81. The van der Waals surface area contributed by atoms with E-state index >= 15 is 0 Å². The fourth-order valence-corrected chi connectivity index (χ4v) is 3.13. The molecule has 1 fully saturated rings. The maximum Gasteiger partial charge on any atom is 0.187 e. The minimum atomic E-state index is -0.330. The average molecular weight is 299 g/mol. The van der Waals surface area contributed by atoms with Crippen molar-refractivity contribution in [1.82, 2.24) is 9.97 Å². The van der Waals surface area contributed by atoms with Gasteiger partial charge in [-0.15, -0.1) is 0 Å². The summed E-state index contributed by atoms with van der Waals surface area (Å²) >= 11 is 0. The average Bonchev–Trinajstić information content (AvgIpc) is 2.96. The van der Waals surface area contributed by atoms with Gasteiger partial charge in [0.25, 0.3) is 0 Å². The van der Waals surface area contributed by atoms with E-state index in [4.69, 9.17) is 0 Å². The Morgan fingerprint density at radius 2 is 1.86 bits per heavy atom. The standard InChI is InChI=1S/C18H22FN3/c1-18(2,3)16-15(19)17(21-12-20-16)22-11-7-10-14(22)13-8-5-4-6-9-13/h4-6,8-9,12,14H,7,10-11H2,1-3H3. The molecule has 3 rings (SSSR count). The van der Waals surface area contributed by atoms with Crippen LogP contribution in [-0.2, 0) is 5.41 Å². The second-order valence-electron chi connectivity index (χ2n) is 6.87. The number of aromatic nitrogens is 2. The molecule has 1 aromatic carbocycles. The topological polar surface area (TPSA) is 29.0 Å². The van der Waals surface area contributed by atoms with Crippen LogP contribution < -0.4 is 4.90 Å². The largest absolute Gasteiger partial charge is 0.347 e. The van der Waals surface area contributed by atoms with Crippen molar-refractivity contribution in [3.8, 4) is 0 Å². The van der Waals surface area contributed by atoms with Crippen LogP contribution in [0.4, 0.5) is 10.2 Å². The minimum absolute atomic E-state index is 0.193. The van der Waals surface area contributed by atoms with E-state index in [2.05, 4.69) is 27.0 Å². The predicted molar refractivity (Wildman–Crippen MR) is 86.5 cm³/mol. The summed E-state index contributed by atoms with van der Waals surface area (Å²) < 4.78 is 14.9. The lowest BCUT2D eigenvalue weighted by Gasteiger charge is -2.28. The Morgan fingerprint density at radius 3 is 2.55 bits per heavy atom. The second kappa shape index (κ2) is 5.67. The van der Waals surface area contributed by atoms with Crippen LogP contribution in [0, 0.1) is 5.82 Å². The molecular weight excluding hydrogens is 277 g/mol. The lowest BCUT2D eigenvalue weighted by molar-refractivity contribution is 0.494. The van der Waals surface area contributed by atoms with Crippen LogP contribution in [-0.4, -0.2) is 16.5 Å². The molecule has 0 N–H and O–H groups in total. The highest BCUT2D eigenvalue weighted by molar-refractivity contribution is 5.46. The highest BCUT2D eigenvalue weighted by atomic mass is 19.1. The van der Waals surface area contributed by atoms with Crippen molar-refractivity contribution in [3.05, 3.63) is 53.7 Å². The summed E-state index contributed by atoms with van der Waals surface area (Å²) in [6.45, 7) is 6.75. The molecule has 0 bridgehead atoms. The van der Waals surface area contributed by atoms with Gasteiger partial charge >= 0.3 is 0 Å². The molecule has 1 unspecified atom stereocenters. The van der Waals surface area contributed by atoms with E-state index in [1.54, 1.807) is 0 Å². The van der Waals surface area contributed by atoms with E-state index < -0.39 is 0 Å². The van der Waals surface area contributed by atoms with Crippen LogP contribution in [0.25, 0.3) is 0 Å². The van der Waals surface area contributed by atoms with Crippen LogP contribution in [0.3, 0.4) is 0 Å². The summed E-state index contributed by atoms with van der Waals surface area (Å²) in [6, 6.07) is 10.5. The molecule has 4 heteroatoms. The van der Waals surface area contributed by atoms with Gasteiger partial charge in [0, 0.05) is 12.0 Å². The van der Waals surface area contributed by atoms with Crippen molar-refractivity contribution in [2.75, 3.05) is 11.4 Å². The van der Waals surface area contributed by atoms with Gasteiger partial charge in [0.05, 0.1) is 11.7 Å². The highest BCUT2D eigenvalue weighted by Crippen LogP contribution is 2.37. The highest BCUT2D eigenvalue weighted by Gasteiger charge is 2.32. The summed E-state index contributed by atoms with van der Waals surface area (Å²) in [5.41, 5.74) is 1.37. The van der Waals surface area contributed by atoms with Crippen molar-refractivity contribution in [3.63, 3.8) is 0 Å². The van der Waals surface area contributed by atoms with Crippen molar-refractivity contribution in [2.45, 2.75) is 45.1 Å². The molecule has 1 saturated heterocycles. The number of hydrogen-bond donors (Lipinski definition) is 0. The SMILES string of the molecule is CC(C)(C)c1ncnc(N2CCCC2c2ccccc2)c1F. The van der Waals surface area contributed by atoms with Gasteiger partial charge in [-0.3, -0.25) is 0 Å². The van der Waals surface area contributed by atoms with E-state index in [1.165, 1.54) is 11.9 Å². The van der Waals surface area contributed by atoms with Crippen LogP contribution in [0.5, 0.6) is 0 Å². The van der Waals surface area contributed by atoms with Gasteiger partial charge in [0.2, 0.25) is 0 Å². The number of anilines is 1. The second-order valence-corrected chi connectivity index (χ2v) is 6.87. The van der Waals surface area contributed by atoms with Gasteiger partial charge in [0.15, 0.2) is 11.6 Å². The minimum Gasteiger partial charge on any atom is -0.347 e. The first-order chi connectivity index (χ1) is 10.5. The predicted octanol–water partition coefficient (Wildman–Crippen LogP) is 4.25. The molecule has 2 aromatic rings. The van der Waals surface area contributed by atoms with Gasteiger partial charge in [-0.2, -0.15) is 0 Å². The Balaban J connectivity index is 2.00. The van der Waals surface area contributed by atoms with Crippen molar-refractivity contribution >= 4 is 5.82 Å². The number of benzene rings is 1. The molecule has 0 spiro atoms. The Kier molecular flexibility index (Phi) is 3.85. The van der Waals surface area contributed by atoms with Crippen LogP contribution in [0.1, 0.15) is 50.9 Å². The summed E-state index contributed by atoms with van der Waals surface area (Å²) in [6.07, 6.45) is 3.56. The molecule has 1 aromatic heterocycles.